The van der Waals surface area contributed by atoms with Gasteiger partial charge in [-0.3, -0.25) is 9.59 Å². The lowest BCUT2D eigenvalue weighted by molar-refractivity contribution is -0.133. The molecule has 3 rings (SSSR count). The van der Waals surface area contributed by atoms with Gasteiger partial charge in [0.2, 0.25) is 5.91 Å². The Labute approximate surface area is 203 Å². The zero-order valence-electron chi connectivity index (χ0n) is 19.1. The van der Waals surface area contributed by atoms with E-state index in [-0.39, 0.29) is 30.2 Å². The molecule has 0 radical (unpaired) electrons. The Kier molecular flexibility index (Phi) is 8.64. The quantitative estimate of drug-likeness (QED) is 0.355. The fraction of sp³-hybridized carbons (Fsp3) is 0.308. The van der Waals surface area contributed by atoms with Crippen LogP contribution in [0.4, 0.5) is 4.39 Å². The van der Waals surface area contributed by atoms with Crippen LogP contribution in [0.25, 0.3) is 0 Å². The Morgan fingerprint density at radius 1 is 1.00 bits per heavy atom. The summed E-state index contributed by atoms with van der Waals surface area (Å²) < 4.78 is 13.4. The monoisotopic (exact) mass is 486 g/mol. The zero-order valence-corrected chi connectivity index (χ0v) is 20.6. The van der Waals surface area contributed by atoms with E-state index < -0.39 is 0 Å². The number of halogens is 2. The molecular weight excluding hydrogens is 459 g/mol. The average Bonchev–Trinajstić information content (AvgIpc) is 3.22. The molecule has 0 aliphatic heterocycles. The molecule has 0 N–H and O–H groups in total. The molecule has 0 aliphatic rings. The summed E-state index contributed by atoms with van der Waals surface area (Å²) in [5, 5.41) is 0.550. The first-order valence-electron chi connectivity index (χ1n) is 10.9. The van der Waals surface area contributed by atoms with Gasteiger partial charge in [0.25, 0.3) is 5.91 Å². The lowest BCUT2D eigenvalue weighted by Crippen LogP contribution is -2.46. The van der Waals surface area contributed by atoms with Crippen molar-refractivity contribution in [3.63, 3.8) is 0 Å². The SMILES string of the molecule is CC[C@@H](C)N(CC(=O)N(Cc1ccc(F)cc1)Cc1ccc(C)s1)C(=O)c1ccc(Cl)cc1. The average molecular weight is 487 g/mol. The van der Waals surface area contributed by atoms with Gasteiger partial charge in [-0.05, 0) is 74.4 Å². The minimum Gasteiger partial charge on any atom is -0.332 e. The third kappa shape index (κ3) is 6.89. The van der Waals surface area contributed by atoms with Gasteiger partial charge in [-0.15, -0.1) is 11.3 Å². The molecule has 1 atom stereocenters. The van der Waals surface area contributed by atoms with Crippen LogP contribution < -0.4 is 0 Å². The molecule has 0 bridgehead atoms. The van der Waals surface area contributed by atoms with Crippen LogP contribution >= 0.6 is 22.9 Å². The van der Waals surface area contributed by atoms with Crippen LogP contribution in [0.1, 0.15) is 45.9 Å². The first-order chi connectivity index (χ1) is 15.8. The van der Waals surface area contributed by atoms with Crippen molar-refractivity contribution >= 4 is 34.8 Å². The fourth-order valence-corrected chi connectivity index (χ4v) is 4.48. The second kappa shape index (κ2) is 11.4. The number of aryl methyl sites for hydroxylation is 1. The molecule has 0 saturated heterocycles. The van der Waals surface area contributed by atoms with E-state index in [2.05, 4.69) is 0 Å². The number of rotatable bonds is 9. The van der Waals surface area contributed by atoms with Crippen LogP contribution in [-0.2, 0) is 17.9 Å². The largest absolute Gasteiger partial charge is 0.332 e. The summed E-state index contributed by atoms with van der Waals surface area (Å²) in [5.74, 6) is -0.682. The summed E-state index contributed by atoms with van der Waals surface area (Å²) >= 11 is 7.60. The van der Waals surface area contributed by atoms with Crippen molar-refractivity contribution in [3.8, 4) is 0 Å². The lowest BCUT2D eigenvalue weighted by atomic mass is 10.1. The minimum atomic E-state index is -0.318. The highest BCUT2D eigenvalue weighted by atomic mass is 35.5. The number of amides is 2. The Morgan fingerprint density at radius 2 is 1.67 bits per heavy atom. The van der Waals surface area contributed by atoms with E-state index >= 15 is 0 Å². The Bertz CT molecular complexity index is 1080. The van der Waals surface area contributed by atoms with Crippen molar-refractivity contribution in [3.05, 3.63) is 92.4 Å². The van der Waals surface area contributed by atoms with E-state index in [9.17, 15) is 14.0 Å². The van der Waals surface area contributed by atoms with Crippen LogP contribution in [0.2, 0.25) is 5.02 Å². The van der Waals surface area contributed by atoms with E-state index in [4.69, 9.17) is 11.6 Å². The highest BCUT2D eigenvalue weighted by Gasteiger charge is 2.26. The molecule has 174 valence electrons. The lowest BCUT2D eigenvalue weighted by Gasteiger charge is -2.31. The summed E-state index contributed by atoms with van der Waals surface area (Å²) in [4.78, 5) is 32.3. The van der Waals surface area contributed by atoms with Gasteiger partial charge < -0.3 is 9.80 Å². The van der Waals surface area contributed by atoms with Gasteiger partial charge in [0, 0.05) is 32.9 Å². The number of hydrogen-bond donors (Lipinski definition) is 0. The van der Waals surface area contributed by atoms with Gasteiger partial charge in [0.05, 0.1) is 6.54 Å². The van der Waals surface area contributed by atoms with Crippen molar-refractivity contribution in [1.29, 1.82) is 0 Å². The standard InChI is InChI=1S/C26H28ClFN2O2S/c1-4-18(2)30(26(32)21-8-10-22(27)11-9-21)17-25(31)29(16-24-14-5-19(3)33-24)15-20-6-12-23(28)13-7-20/h5-14,18H,4,15-17H2,1-3H3/t18-/m1/s1. The molecule has 2 amide bonds. The minimum absolute atomic E-state index is 0.0397. The molecule has 33 heavy (non-hydrogen) atoms. The van der Waals surface area contributed by atoms with E-state index in [1.165, 1.54) is 17.0 Å². The number of benzene rings is 2. The Morgan fingerprint density at radius 3 is 2.24 bits per heavy atom. The first-order valence-corrected chi connectivity index (χ1v) is 12.1. The van der Waals surface area contributed by atoms with Crippen LogP contribution in [-0.4, -0.2) is 34.2 Å². The number of thiophene rings is 1. The van der Waals surface area contributed by atoms with Gasteiger partial charge >= 0.3 is 0 Å². The molecule has 0 aliphatic carbocycles. The second-order valence-corrected chi connectivity index (χ2v) is 9.89. The topological polar surface area (TPSA) is 40.6 Å². The second-order valence-electron chi connectivity index (χ2n) is 8.09. The fourth-order valence-electron chi connectivity index (χ4n) is 3.45. The predicted octanol–water partition coefficient (Wildman–Crippen LogP) is 6.32. The molecule has 0 spiro atoms. The Balaban J connectivity index is 1.83. The number of hydrogen-bond acceptors (Lipinski definition) is 3. The molecule has 0 unspecified atom stereocenters. The normalized spacial score (nSPS) is 11.8. The molecule has 1 heterocycles. The smallest absolute Gasteiger partial charge is 0.254 e. The molecular formula is C26H28ClFN2O2S. The molecule has 0 saturated carbocycles. The van der Waals surface area contributed by atoms with Gasteiger partial charge in [0.15, 0.2) is 0 Å². The van der Waals surface area contributed by atoms with Crippen LogP contribution in [0.3, 0.4) is 0 Å². The summed E-state index contributed by atoms with van der Waals surface area (Å²) in [6.45, 7) is 6.67. The highest BCUT2D eigenvalue weighted by Crippen LogP contribution is 2.20. The third-order valence-corrected chi connectivity index (χ3v) is 6.80. The number of carbonyl (C=O) groups is 2. The van der Waals surface area contributed by atoms with Gasteiger partial charge in [0.1, 0.15) is 12.4 Å². The van der Waals surface area contributed by atoms with Crippen molar-refractivity contribution in [1.82, 2.24) is 9.80 Å². The summed E-state index contributed by atoms with van der Waals surface area (Å²) in [6, 6.07) is 16.8. The molecule has 1 aromatic heterocycles. The maximum Gasteiger partial charge on any atom is 0.254 e. The van der Waals surface area contributed by atoms with Crippen molar-refractivity contribution in [2.24, 2.45) is 0 Å². The molecule has 2 aromatic carbocycles. The van der Waals surface area contributed by atoms with Crippen LogP contribution in [0, 0.1) is 12.7 Å². The van der Waals surface area contributed by atoms with E-state index in [0.717, 1.165) is 10.4 Å². The van der Waals surface area contributed by atoms with Crippen molar-refractivity contribution < 1.29 is 14.0 Å². The molecule has 7 heteroatoms. The number of carbonyl (C=O) groups excluding carboxylic acids is 2. The van der Waals surface area contributed by atoms with E-state index in [0.29, 0.717) is 30.1 Å². The highest BCUT2D eigenvalue weighted by molar-refractivity contribution is 7.11. The van der Waals surface area contributed by atoms with Crippen LogP contribution in [0.15, 0.2) is 60.7 Å². The van der Waals surface area contributed by atoms with E-state index in [1.54, 1.807) is 57.5 Å². The summed E-state index contributed by atoms with van der Waals surface area (Å²) in [7, 11) is 0. The van der Waals surface area contributed by atoms with E-state index in [1.807, 2.05) is 32.9 Å². The van der Waals surface area contributed by atoms with Gasteiger partial charge in [-0.1, -0.05) is 30.7 Å². The molecule has 0 fully saturated rings. The molecule has 3 aromatic rings. The summed E-state index contributed by atoms with van der Waals surface area (Å²) in [5.41, 5.74) is 1.32. The predicted molar refractivity (Wildman–Crippen MR) is 132 cm³/mol. The summed E-state index contributed by atoms with van der Waals surface area (Å²) in [6.07, 6.45) is 0.717. The van der Waals surface area contributed by atoms with Gasteiger partial charge in [-0.2, -0.15) is 0 Å². The number of nitrogens with zero attached hydrogens (tertiary/aromatic N) is 2. The zero-order chi connectivity index (χ0) is 24.0. The van der Waals surface area contributed by atoms with Crippen LogP contribution in [0.5, 0.6) is 0 Å². The first kappa shape index (κ1) is 24.9. The third-order valence-electron chi connectivity index (χ3n) is 5.56. The van der Waals surface area contributed by atoms with Gasteiger partial charge in [-0.25, -0.2) is 4.39 Å². The Hall–Kier alpha value is -2.70. The van der Waals surface area contributed by atoms with Crippen molar-refractivity contribution in [2.45, 2.75) is 46.3 Å². The van der Waals surface area contributed by atoms with Crippen molar-refractivity contribution in [2.75, 3.05) is 6.54 Å². The molecule has 4 nitrogen and oxygen atoms in total. The maximum atomic E-state index is 13.5. The maximum absolute atomic E-state index is 13.5.